The Morgan fingerprint density at radius 2 is 1.68 bits per heavy atom. The highest BCUT2D eigenvalue weighted by molar-refractivity contribution is 7.89. The molecular weight excluding hydrogens is 374 g/mol. The molecule has 0 aliphatic carbocycles. The first-order valence-corrected chi connectivity index (χ1v) is 9.89. The van der Waals surface area contributed by atoms with Gasteiger partial charge in [-0.1, -0.05) is 12.0 Å². The third-order valence-electron chi connectivity index (χ3n) is 4.04. The van der Waals surface area contributed by atoms with Crippen molar-refractivity contribution in [1.82, 2.24) is 9.97 Å². The molecule has 0 aliphatic heterocycles. The van der Waals surface area contributed by atoms with Crippen LogP contribution in [0.5, 0.6) is 0 Å². The Kier molecular flexibility index (Phi) is 5.31. The van der Waals surface area contributed by atoms with Gasteiger partial charge in [0.2, 0.25) is 16.0 Å². The summed E-state index contributed by atoms with van der Waals surface area (Å²) >= 11 is 0. The summed E-state index contributed by atoms with van der Waals surface area (Å²) in [5, 5.41) is 11.5. The minimum Gasteiger partial charge on any atom is -0.340 e. The maximum Gasteiger partial charge on any atom is 0.238 e. The summed E-state index contributed by atoms with van der Waals surface area (Å²) in [6, 6.07) is 12.3. The molecule has 28 heavy (non-hydrogen) atoms. The number of nitrogens with two attached hydrogens (primary N) is 1. The molecule has 3 aromatic rings. The standard InChI is InChI=1S/C20H19N5O2S/c1-4-15-6-9-16(10-7-15)23-19-14(3)12-22-20(25-19)24-17-8-5-13(2)18(11-17)28(21,26)27/h1,5-12H,2-3H3,(H2,21,26,27)(H2,22,23,24,25). The van der Waals surface area contributed by atoms with Crippen LogP contribution in [0.4, 0.5) is 23.1 Å². The van der Waals surface area contributed by atoms with Crippen LogP contribution in [0.2, 0.25) is 0 Å². The van der Waals surface area contributed by atoms with E-state index in [1.807, 2.05) is 31.2 Å². The molecule has 1 aromatic heterocycles. The first kappa shape index (κ1) is 19.4. The van der Waals surface area contributed by atoms with Crippen LogP contribution in [0.1, 0.15) is 16.7 Å². The van der Waals surface area contributed by atoms with Crippen LogP contribution >= 0.6 is 0 Å². The van der Waals surface area contributed by atoms with Crippen LogP contribution in [0, 0.1) is 26.2 Å². The number of sulfonamides is 1. The zero-order valence-electron chi connectivity index (χ0n) is 15.4. The summed E-state index contributed by atoms with van der Waals surface area (Å²) in [6.45, 7) is 3.56. The number of hydrogen-bond donors (Lipinski definition) is 3. The molecule has 0 atom stereocenters. The molecule has 7 nitrogen and oxygen atoms in total. The van der Waals surface area contributed by atoms with Gasteiger partial charge in [-0.05, 0) is 55.8 Å². The van der Waals surface area contributed by atoms with E-state index in [1.165, 1.54) is 6.07 Å². The molecule has 0 unspecified atom stereocenters. The number of terminal acetylenes is 1. The monoisotopic (exact) mass is 393 g/mol. The van der Waals surface area contributed by atoms with E-state index in [4.69, 9.17) is 11.6 Å². The van der Waals surface area contributed by atoms with Gasteiger partial charge in [-0.25, -0.2) is 18.5 Å². The first-order chi connectivity index (χ1) is 13.3. The van der Waals surface area contributed by atoms with Crippen molar-refractivity contribution >= 4 is 33.2 Å². The fraction of sp³-hybridized carbons (Fsp3) is 0.100. The molecule has 0 fully saturated rings. The first-order valence-electron chi connectivity index (χ1n) is 8.34. The largest absolute Gasteiger partial charge is 0.340 e. The molecule has 1 heterocycles. The Balaban J connectivity index is 1.86. The summed E-state index contributed by atoms with van der Waals surface area (Å²) < 4.78 is 23.4. The minimum absolute atomic E-state index is 0.0524. The third kappa shape index (κ3) is 4.46. The van der Waals surface area contributed by atoms with Gasteiger partial charge in [0.1, 0.15) is 5.82 Å². The predicted octanol–water partition coefficient (Wildman–Crippen LogP) is 3.21. The lowest BCUT2D eigenvalue weighted by molar-refractivity contribution is 0.597. The highest BCUT2D eigenvalue weighted by Gasteiger charge is 2.13. The van der Waals surface area contributed by atoms with E-state index in [9.17, 15) is 8.42 Å². The maximum atomic E-state index is 11.7. The molecule has 0 bridgehead atoms. The number of aryl methyl sites for hydroxylation is 2. The number of aromatic nitrogens is 2. The molecule has 4 N–H and O–H groups in total. The molecule has 0 saturated carbocycles. The average molecular weight is 393 g/mol. The Bertz CT molecular complexity index is 1170. The quantitative estimate of drug-likeness (QED) is 0.574. The third-order valence-corrected chi connectivity index (χ3v) is 5.09. The summed E-state index contributed by atoms with van der Waals surface area (Å²) in [5.41, 5.74) is 3.55. The van der Waals surface area contributed by atoms with Crippen LogP contribution in [-0.4, -0.2) is 18.4 Å². The maximum absolute atomic E-state index is 11.7. The van der Waals surface area contributed by atoms with Gasteiger partial charge >= 0.3 is 0 Å². The Morgan fingerprint density at radius 3 is 2.32 bits per heavy atom. The van der Waals surface area contributed by atoms with E-state index in [0.717, 1.165) is 16.8 Å². The predicted molar refractivity (Wildman–Crippen MR) is 110 cm³/mol. The number of rotatable bonds is 5. The van der Waals surface area contributed by atoms with Gasteiger partial charge < -0.3 is 10.6 Å². The molecular formula is C20H19N5O2S. The molecule has 142 valence electrons. The number of hydrogen-bond acceptors (Lipinski definition) is 6. The van der Waals surface area contributed by atoms with Crippen molar-refractivity contribution < 1.29 is 8.42 Å². The van der Waals surface area contributed by atoms with Gasteiger partial charge in [-0.3, -0.25) is 0 Å². The number of nitrogens with one attached hydrogen (secondary N) is 2. The van der Waals surface area contributed by atoms with Crippen molar-refractivity contribution in [1.29, 1.82) is 0 Å². The van der Waals surface area contributed by atoms with Crippen molar-refractivity contribution in [3.8, 4) is 12.3 Å². The van der Waals surface area contributed by atoms with Crippen molar-refractivity contribution in [2.75, 3.05) is 10.6 Å². The minimum atomic E-state index is -3.82. The summed E-state index contributed by atoms with van der Waals surface area (Å²) in [5.74, 6) is 3.50. The molecule has 8 heteroatoms. The topological polar surface area (TPSA) is 110 Å². The van der Waals surface area contributed by atoms with E-state index in [0.29, 0.717) is 23.0 Å². The zero-order valence-corrected chi connectivity index (χ0v) is 16.2. The van der Waals surface area contributed by atoms with Crippen LogP contribution in [-0.2, 0) is 10.0 Å². The molecule has 0 saturated heterocycles. The van der Waals surface area contributed by atoms with Crippen molar-refractivity contribution in [3.05, 3.63) is 65.4 Å². The van der Waals surface area contributed by atoms with Crippen molar-refractivity contribution in [2.24, 2.45) is 5.14 Å². The van der Waals surface area contributed by atoms with Crippen molar-refractivity contribution in [2.45, 2.75) is 18.7 Å². The lowest BCUT2D eigenvalue weighted by atomic mass is 10.2. The van der Waals surface area contributed by atoms with E-state index in [-0.39, 0.29) is 4.90 Å². The van der Waals surface area contributed by atoms with Gasteiger partial charge in [0.05, 0.1) is 4.90 Å². The molecule has 0 spiro atoms. The van der Waals surface area contributed by atoms with Crippen LogP contribution in [0.15, 0.2) is 53.6 Å². The van der Waals surface area contributed by atoms with Crippen LogP contribution < -0.4 is 15.8 Å². The molecule has 0 amide bonds. The highest BCUT2D eigenvalue weighted by Crippen LogP contribution is 2.23. The molecule has 0 radical (unpaired) electrons. The van der Waals surface area contributed by atoms with E-state index in [1.54, 1.807) is 25.3 Å². The highest BCUT2D eigenvalue weighted by atomic mass is 32.2. The van der Waals surface area contributed by atoms with Gasteiger partial charge in [0, 0.05) is 28.7 Å². The molecule has 0 aliphatic rings. The fourth-order valence-electron chi connectivity index (χ4n) is 2.53. The van der Waals surface area contributed by atoms with Crippen LogP contribution in [0.25, 0.3) is 0 Å². The van der Waals surface area contributed by atoms with Gasteiger partial charge in [-0.15, -0.1) is 6.42 Å². The number of primary sulfonamides is 1. The second-order valence-electron chi connectivity index (χ2n) is 6.22. The normalized spacial score (nSPS) is 10.9. The zero-order chi connectivity index (χ0) is 20.3. The summed E-state index contributed by atoms with van der Waals surface area (Å²) in [7, 11) is -3.82. The Hall–Kier alpha value is -3.41. The van der Waals surface area contributed by atoms with Gasteiger partial charge in [-0.2, -0.15) is 4.98 Å². The van der Waals surface area contributed by atoms with E-state index in [2.05, 4.69) is 26.5 Å². The smallest absolute Gasteiger partial charge is 0.238 e. The van der Waals surface area contributed by atoms with E-state index >= 15 is 0 Å². The number of benzene rings is 2. The van der Waals surface area contributed by atoms with Gasteiger partial charge in [0.15, 0.2) is 0 Å². The SMILES string of the molecule is C#Cc1ccc(Nc2nc(Nc3ccc(C)c(S(N)(=O)=O)c3)ncc2C)cc1. The number of nitrogens with zero attached hydrogens (tertiary/aromatic N) is 2. The second-order valence-corrected chi connectivity index (χ2v) is 7.75. The lowest BCUT2D eigenvalue weighted by Gasteiger charge is -2.12. The second kappa shape index (κ2) is 7.68. The number of anilines is 4. The Morgan fingerprint density at radius 1 is 1.00 bits per heavy atom. The van der Waals surface area contributed by atoms with E-state index < -0.39 is 10.0 Å². The lowest BCUT2D eigenvalue weighted by Crippen LogP contribution is -2.14. The summed E-state index contributed by atoms with van der Waals surface area (Å²) in [4.78, 5) is 8.77. The van der Waals surface area contributed by atoms with Gasteiger partial charge in [0.25, 0.3) is 0 Å². The Labute approximate surface area is 164 Å². The van der Waals surface area contributed by atoms with Crippen LogP contribution in [0.3, 0.4) is 0 Å². The summed E-state index contributed by atoms with van der Waals surface area (Å²) in [6.07, 6.45) is 7.04. The fourth-order valence-corrected chi connectivity index (χ4v) is 3.34. The average Bonchev–Trinajstić information content (AvgIpc) is 2.65. The van der Waals surface area contributed by atoms with Crippen molar-refractivity contribution in [3.63, 3.8) is 0 Å². The molecule has 3 rings (SSSR count). The molecule has 2 aromatic carbocycles.